The smallest absolute Gasteiger partial charge is 0.307 e. The van der Waals surface area contributed by atoms with E-state index in [1.54, 1.807) is 6.92 Å². The fourth-order valence-corrected chi connectivity index (χ4v) is 2.74. The molecule has 3 heteroatoms. The molecule has 0 radical (unpaired) electrons. The molecule has 3 nitrogen and oxygen atoms in total. The summed E-state index contributed by atoms with van der Waals surface area (Å²) in [7, 11) is 2.07. The first kappa shape index (κ1) is 14.5. The molecule has 0 aromatic heterocycles. The lowest BCUT2D eigenvalue weighted by molar-refractivity contribution is -0.141. The lowest BCUT2D eigenvalue weighted by Gasteiger charge is -2.29. The molecule has 1 aliphatic rings. The molecular formula is C14H27NO2. The van der Waals surface area contributed by atoms with Crippen molar-refractivity contribution in [1.29, 1.82) is 0 Å². The van der Waals surface area contributed by atoms with Crippen LogP contribution in [0.25, 0.3) is 0 Å². The van der Waals surface area contributed by atoms with Gasteiger partial charge in [0.15, 0.2) is 0 Å². The minimum atomic E-state index is -0.689. The topological polar surface area (TPSA) is 40.5 Å². The Labute approximate surface area is 105 Å². The van der Waals surface area contributed by atoms with Gasteiger partial charge < -0.3 is 10.0 Å². The van der Waals surface area contributed by atoms with E-state index in [9.17, 15) is 4.79 Å². The van der Waals surface area contributed by atoms with E-state index in [4.69, 9.17) is 5.11 Å². The second kappa shape index (κ2) is 5.85. The molecule has 2 unspecified atom stereocenters. The Bertz CT molecular complexity index is 263. The van der Waals surface area contributed by atoms with Crippen molar-refractivity contribution < 1.29 is 9.90 Å². The van der Waals surface area contributed by atoms with Gasteiger partial charge in [-0.25, -0.2) is 0 Å². The summed E-state index contributed by atoms with van der Waals surface area (Å²) in [6.45, 7) is 7.14. The van der Waals surface area contributed by atoms with Gasteiger partial charge in [0.05, 0.1) is 5.92 Å². The zero-order valence-electron chi connectivity index (χ0n) is 11.7. The number of nitrogens with zero attached hydrogens (tertiary/aromatic N) is 1. The summed E-state index contributed by atoms with van der Waals surface area (Å²) in [6, 6.07) is 0.568. The number of carboxylic acids is 1. The number of hydrogen-bond donors (Lipinski definition) is 1. The van der Waals surface area contributed by atoms with E-state index in [1.165, 1.54) is 32.1 Å². The highest BCUT2D eigenvalue weighted by Gasteiger charge is 2.27. The fourth-order valence-electron chi connectivity index (χ4n) is 2.74. The molecule has 0 spiro atoms. The highest BCUT2D eigenvalue weighted by molar-refractivity contribution is 5.69. The second-order valence-electron chi connectivity index (χ2n) is 6.43. The van der Waals surface area contributed by atoms with E-state index in [2.05, 4.69) is 25.8 Å². The normalized spacial score (nSPS) is 26.5. The number of carboxylic acid groups (broad SMARTS) is 1. The van der Waals surface area contributed by atoms with Crippen LogP contribution in [-0.4, -0.2) is 35.6 Å². The van der Waals surface area contributed by atoms with E-state index >= 15 is 0 Å². The standard InChI is InChI=1S/C14H27NO2/c1-11(13(16)17)10-15(4)12-6-5-8-14(2,3)9-7-12/h11-12H,5-10H2,1-4H3,(H,16,17). The molecule has 0 heterocycles. The maximum atomic E-state index is 10.9. The molecule has 17 heavy (non-hydrogen) atoms. The van der Waals surface area contributed by atoms with E-state index in [0.717, 1.165) is 0 Å². The summed E-state index contributed by atoms with van der Waals surface area (Å²) >= 11 is 0. The van der Waals surface area contributed by atoms with Crippen molar-refractivity contribution in [3.8, 4) is 0 Å². The van der Waals surface area contributed by atoms with Gasteiger partial charge in [0.25, 0.3) is 0 Å². The van der Waals surface area contributed by atoms with Gasteiger partial charge in [-0.3, -0.25) is 4.79 Å². The summed E-state index contributed by atoms with van der Waals surface area (Å²) in [5.41, 5.74) is 0.466. The average Bonchev–Trinajstić information content (AvgIpc) is 2.39. The van der Waals surface area contributed by atoms with Crippen molar-refractivity contribution in [3.05, 3.63) is 0 Å². The molecule has 1 saturated carbocycles. The van der Waals surface area contributed by atoms with Gasteiger partial charge >= 0.3 is 5.97 Å². The van der Waals surface area contributed by atoms with Crippen LogP contribution in [0.2, 0.25) is 0 Å². The number of carbonyl (C=O) groups is 1. The zero-order valence-corrected chi connectivity index (χ0v) is 11.7. The Morgan fingerprint density at radius 3 is 2.65 bits per heavy atom. The monoisotopic (exact) mass is 241 g/mol. The van der Waals surface area contributed by atoms with Crippen LogP contribution >= 0.6 is 0 Å². The summed E-state index contributed by atoms with van der Waals surface area (Å²) in [5, 5.41) is 8.94. The third kappa shape index (κ3) is 4.66. The molecule has 0 saturated heterocycles. The molecule has 2 atom stereocenters. The highest BCUT2D eigenvalue weighted by Crippen LogP contribution is 2.35. The summed E-state index contributed by atoms with van der Waals surface area (Å²) in [6.07, 6.45) is 6.24. The molecule has 0 bridgehead atoms. The van der Waals surface area contributed by atoms with E-state index < -0.39 is 5.97 Å². The Morgan fingerprint density at radius 1 is 1.41 bits per heavy atom. The van der Waals surface area contributed by atoms with E-state index in [-0.39, 0.29) is 5.92 Å². The largest absolute Gasteiger partial charge is 0.481 e. The number of rotatable bonds is 4. The van der Waals surface area contributed by atoms with Crippen LogP contribution in [0.15, 0.2) is 0 Å². The molecule has 0 amide bonds. The SMILES string of the molecule is CC(CN(C)C1CCCC(C)(C)CC1)C(=O)O. The molecule has 1 rings (SSSR count). The van der Waals surface area contributed by atoms with Crippen molar-refractivity contribution in [2.75, 3.05) is 13.6 Å². The average molecular weight is 241 g/mol. The molecule has 0 aliphatic heterocycles. The Hall–Kier alpha value is -0.570. The number of hydrogen-bond acceptors (Lipinski definition) is 2. The quantitative estimate of drug-likeness (QED) is 0.769. The summed E-state index contributed by atoms with van der Waals surface area (Å²) in [4.78, 5) is 13.1. The summed E-state index contributed by atoms with van der Waals surface area (Å²) < 4.78 is 0. The van der Waals surface area contributed by atoms with Crippen molar-refractivity contribution in [3.63, 3.8) is 0 Å². The number of aliphatic carboxylic acids is 1. The van der Waals surface area contributed by atoms with Crippen LogP contribution in [0, 0.1) is 11.3 Å². The Balaban J connectivity index is 2.47. The zero-order chi connectivity index (χ0) is 13.1. The van der Waals surface area contributed by atoms with Crippen LogP contribution in [0.3, 0.4) is 0 Å². The van der Waals surface area contributed by atoms with Gasteiger partial charge in [-0.15, -0.1) is 0 Å². The maximum absolute atomic E-state index is 10.9. The van der Waals surface area contributed by atoms with Gasteiger partial charge in [-0.05, 0) is 38.1 Å². The van der Waals surface area contributed by atoms with Gasteiger partial charge in [0.2, 0.25) is 0 Å². The van der Waals surface area contributed by atoms with Gasteiger partial charge in [0.1, 0.15) is 0 Å². The van der Waals surface area contributed by atoms with Crippen LogP contribution < -0.4 is 0 Å². The Kier molecular flexibility index (Phi) is 4.99. The van der Waals surface area contributed by atoms with E-state index in [1.807, 2.05) is 0 Å². The predicted octanol–water partition coefficient (Wildman–Crippen LogP) is 3.00. The second-order valence-corrected chi connectivity index (χ2v) is 6.43. The molecular weight excluding hydrogens is 214 g/mol. The molecule has 0 aromatic carbocycles. The highest BCUT2D eigenvalue weighted by atomic mass is 16.4. The third-order valence-electron chi connectivity index (χ3n) is 4.15. The van der Waals surface area contributed by atoms with Crippen molar-refractivity contribution in [2.24, 2.45) is 11.3 Å². The van der Waals surface area contributed by atoms with Crippen LogP contribution in [0.5, 0.6) is 0 Å². The lowest BCUT2D eigenvalue weighted by Crippen LogP contribution is -2.36. The van der Waals surface area contributed by atoms with Gasteiger partial charge in [-0.1, -0.05) is 27.2 Å². The van der Waals surface area contributed by atoms with Crippen LogP contribution in [-0.2, 0) is 4.79 Å². The fraction of sp³-hybridized carbons (Fsp3) is 0.929. The molecule has 1 fully saturated rings. The first-order chi connectivity index (χ1) is 7.82. The lowest BCUT2D eigenvalue weighted by atomic mass is 9.85. The minimum Gasteiger partial charge on any atom is -0.481 e. The van der Waals surface area contributed by atoms with Crippen LogP contribution in [0.4, 0.5) is 0 Å². The van der Waals surface area contributed by atoms with Crippen molar-refractivity contribution in [1.82, 2.24) is 4.90 Å². The summed E-state index contributed by atoms with van der Waals surface area (Å²) in [5.74, 6) is -0.956. The van der Waals surface area contributed by atoms with E-state index in [0.29, 0.717) is 18.0 Å². The third-order valence-corrected chi connectivity index (χ3v) is 4.15. The maximum Gasteiger partial charge on any atom is 0.307 e. The predicted molar refractivity (Wildman–Crippen MR) is 70.1 cm³/mol. The first-order valence-corrected chi connectivity index (χ1v) is 6.75. The van der Waals surface area contributed by atoms with Gasteiger partial charge in [0, 0.05) is 12.6 Å². The molecule has 1 aliphatic carbocycles. The van der Waals surface area contributed by atoms with Crippen molar-refractivity contribution in [2.45, 2.75) is 58.9 Å². The minimum absolute atomic E-state index is 0.267. The molecule has 0 aromatic rings. The molecule has 100 valence electrons. The van der Waals surface area contributed by atoms with Crippen molar-refractivity contribution >= 4 is 5.97 Å². The van der Waals surface area contributed by atoms with Crippen LogP contribution in [0.1, 0.15) is 52.9 Å². The van der Waals surface area contributed by atoms with Gasteiger partial charge in [-0.2, -0.15) is 0 Å². The molecule has 1 N–H and O–H groups in total. The Morgan fingerprint density at radius 2 is 2.06 bits per heavy atom. The first-order valence-electron chi connectivity index (χ1n) is 6.75.